The molecule has 3 unspecified atom stereocenters. The zero-order chi connectivity index (χ0) is 13.4. The zero-order valence-electron chi connectivity index (χ0n) is 11.3. The first kappa shape index (κ1) is 13.3. The fourth-order valence-corrected chi connectivity index (χ4v) is 4.05. The predicted octanol–water partition coefficient (Wildman–Crippen LogP) is 1.36. The van der Waals surface area contributed by atoms with Gasteiger partial charge in [0.1, 0.15) is 12.2 Å². The Morgan fingerprint density at radius 2 is 1.95 bits per heavy atom. The summed E-state index contributed by atoms with van der Waals surface area (Å²) in [4.78, 5) is 8.08. The number of aryl methyl sites for hydroxylation is 1. The number of fused-ring (bicyclic) bond motifs is 1. The Morgan fingerprint density at radius 1 is 1.26 bits per heavy atom. The van der Waals surface area contributed by atoms with Crippen molar-refractivity contribution in [3.63, 3.8) is 0 Å². The van der Waals surface area contributed by atoms with Gasteiger partial charge in [0.2, 0.25) is 0 Å². The second-order valence-corrected chi connectivity index (χ2v) is 6.23. The lowest BCUT2D eigenvalue weighted by molar-refractivity contribution is -0.00461. The summed E-state index contributed by atoms with van der Waals surface area (Å²) in [7, 11) is 3.44. The zero-order valence-corrected chi connectivity index (χ0v) is 12.2. The van der Waals surface area contributed by atoms with Gasteiger partial charge in [-0.3, -0.25) is 0 Å². The Balaban J connectivity index is 1.80. The maximum atomic E-state index is 9.99. The third kappa shape index (κ3) is 2.38. The lowest BCUT2D eigenvalue weighted by atomic mass is 10.0. The molecule has 3 rings (SSSR count). The molecule has 0 amide bonds. The van der Waals surface area contributed by atoms with Crippen molar-refractivity contribution in [3.05, 3.63) is 10.6 Å². The van der Waals surface area contributed by atoms with Gasteiger partial charge in [-0.2, -0.15) is 0 Å². The van der Waals surface area contributed by atoms with Gasteiger partial charge in [-0.05, 0) is 19.3 Å². The highest BCUT2D eigenvalue weighted by molar-refractivity contribution is 7.15. The van der Waals surface area contributed by atoms with E-state index in [1.165, 1.54) is 4.88 Å². The largest absolute Gasteiger partial charge is 0.387 e. The summed E-state index contributed by atoms with van der Waals surface area (Å²) in [5, 5.41) is 11.0. The number of nitrogens with zero attached hydrogens (tertiary/aromatic N) is 2. The number of rotatable bonds is 3. The molecule has 2 heterocycles. The van der Waals surface area contributed by atoms with Crippen LogP contribution in [-0.4, -0.2) is 49.6 Å². The third-order valence-corrected chi connectivity index (χ3v) is 5.20. The predicted molar refractivity (Wildman–Crippen MR) is 73.8 cm³/mol. The Labute approximate surface area is 117 Å². The third-order valence-electron chi connectivity index (χ3n) is 4.00. The lowest BCUT2D eigenvalue weighted by Crippen LogP contribution is -2.27. The highest BCUT2D eigenvalue weighted by atomic mass is 32.1. The first-order valence-electron chi connectivity index (χ1n) is 6.71. The standard InChI is InChI=1S/C13H20N2O3S/c1-17-9-6-15(7-10(9)18-2)13-14-12-8(16)4-3-5-11(12)19-13/h8-10,16H,3-7H2,1-2H3. The van der Waals surface area contributed by atoms with Gasteiger partial charge in [0.25, 0.3) is 0 Å². The van der Waals surface area contributed by atoms with Crippen LogP contribution in [0.1, 0.15) is 29.5 Å². The number of aliphatic hydroxyl groups is 1. The molecule has 1 aromatic heterocycles. The number of thiazole rings is 1. The Hall–Kier alpha value is -0.690. The number of aromatic nitrogens is 1. The van der Waals surface area contributed by atoms with Crippen LogP contribution in [-0.2, 0) is 15.9 Å². The van der Waals surface area contributed by atoms with Crippen molar-refractivity contribution in [1.82, 2.24) is 4.98 Å². The van der Waals surface area contributed by atoms with E-state index in [0.717, 1.165) is 43.2 Å². The molecule has 106 valence electrons. The molecule has 1 aliphatic carbocycles. The van der Waals surface area contributed by atoms with Crippen molar-refractivity contribution >= 4 is 16.5 Å². The molecule has 2 aliphatic rings. The summed E-state index contributed by atoms with van der Waals surface area (Å²) >= 11 is 1.71. The molecule has 1 fully saturated rings. The molecular formula is C13H20N2O3S. The minimum Gasteiger partial charge on any atom is -0.387 e. The molecule has 0 aromatic carbocycles. The molecular weight excluding hydrogens is 264 g/mol. The summed E-state index contributed by atoms with van der Waals surface area (Å²) in [6, 6.07) is 0. The van der Waals surface area contributed by atoms with E-state index >= 15 is 0 Å². The molecule has 0 bridgehead atoms. The first-order valence-corrected chi connectivity index (χ1v) is 7.52. The van der Waals surface area contributed by atoms with Crippen LogP contribution in [0.4, 0.5) is 5.13 Å². The van der Waals surface area contributed by atoms with Crippen LogP contribution in [0.2, 0.25) is 0 Å². The van der Waals surface area contributed by atoms with Crippen molar-refractivity contribution < 1.29 is 14.6 Å². The van der Waals surface area contributed by atoms with E-state index in [9.17, 15) is 5.11 Å². The van der Waals surface area contributed by atoms with Crippen LogP contribution in [0.5, 0.6) is 0 Å². The number of hydrogen-bond acceptors (Lipinski definition) is 6. The minimum absolute atomic E-state index is 0.0934. The van der Waals surface area contributed by atoms with Gasteiger partial charge in [-0.15, -0.1) is 11.3 Å². The fourth-order valence-electron chi connectivity index (χ4n) is 2.87. The van der Waals surface area contributed by atoms with E-state index < -0.39 is 0 Å². The monoisotopic (exact) mass is 284 g/mol. The topological polar surface area (TPSA) is 54.8 Å². The van der Waals surface area contributed by atoms with Crippen LogP contribution in [0.3, 0.4) is 0 Å². The van der Waals surface area contributed by atoms with E-state index in [0.29, 0.717) is 0 Å². The SMILES string of the molecule is COC1CN(c2nc3c(s2)CCCC3O)CC1OC. The molecule has 1 aliphatic heterocycles. The molecule has 3 atom stereocenters. The maximum absolute atomic E-state index is 9.99. The highest BCUT2D eigenvalue weighted by Gasteiger charge is 2.35. The van der Waals surface area contributed by atoms with Crippen LogP contribution in [0.25, 0.3) is 0 Å². The average Bonchev–Trinajstić information content (AvgIpc) is 3.02. The normalized spacial score (nSPS) is 30.7. The Morgan fingerprint density at radius 3 is 2.53 bits per heavy atom. The highest BCUT2D eigenvalue weighted by Crippen LogP contribution is 2.37. The summed E-state index contributed by atoms with van der Waals surface area (Å²) in [6.45, 7) is 1.61. The quantitative estimate of drug-likeness (QED) is 0.908. The summed E-state index contributed by atoms with van der Waals surface area (Å²) in [5.74, 6) is 0. The Kier molecular flexibility index (Phi) is 3.75. The molecule has 0 radical (unpaired) electrons. The van der Waals surface area contributed by atoms with Gasteiger partial charge in [0.15, 0.2) is 5.13 Å². The second-order valence-electron chi connectivity index (χ2n) is 5.17. The van der Waals surface area contributed by atoms with Gasteiger partial charge < -0.3 is 19.5 Å². The summed E-state index contributed by atoms with van der Waals surface area (Å²) in [6.07, 6.45) is 2.73. The second kappa shape index (κ2) is 5.36. The van der Waals surface area contributed by atoms with E-state index in [1.54, 1.807) is 25.6 Å². The van der Waals surface area contributed by atoms with E-state index in [2.05, 4.69) is 9.88 Å². The molecule has 1 saturated heterocycles. The fraction of sp³-hybridized carbons (Fsp3) is 0.769. The maximum Gasteiger partial charge on any atom is 0.186 e. The van der Waals surface area contributed by atoms with E-state index in [1.807, 2.05) is 0 Å². The molecule has 19 heavy (non-hydrogen) atoms. The molecule has 6 heteroatoms. The number of anilines is 1. The lowest BCUT2D eigenvalue weighted by Gasteiger charge is -2.15. The smallest absolute Gasteiger partial charge is 0.186 e. The van der Waals surface area contributed by atoms with Crippen LogP contribution in [0.15, 0.2) is 0 Å². The van der Waals surface area contributed by atoms with Crippen molar-refractivity contribution in [3.8, 4) is 0 Å². The van der Waals surface area contributed by atoms with E-state index in [-0.39, 0.29) is 18.3 Å². The average molecular weight is 284 g/mol. The van der Waals surface area contributed by atoms with Crippen molar-refractivity contribution in [2.75, 3.05) is 32.2 Å². The van der Waals surface area contributed by atoms with Crippen molar-refractivity contribution in [2.24, 2.45) is 0 Å². The summed E-state index contributed by atoms with van der Waals surface area (Å²) < 4.78 is 10.9. The van der Waals surface area contributed by atoms with Gasteiger partial charge in [-0.25, -0.2) is 4.98 Å². The Bertz CT molecular complexity index is 439. The number of ether oxygens (including phenoxy) is 2. The minimum atomic E-state index is -0.382. The summed E-state index contributed by atoms with van der Waals surface area (Å²) in [5.41, 5.74) is 0.890. The molecule has 5 nitrogen and oxygen atoms in total. The van der Waals surface area contributed by atoms with Crippen molar-refractivity contribution in [2.45, 2.75) is 37.6 Å². The van der Waals surface area contributed by atoms with Gasteiger partial charge in [0, 0.05) is 32.2 Å². The number of hydrogen-bond donors (Lipinski definition) is 1. The number of aliphatic hydroxyl groups excluding tert-OH is 1. The van der Waals surface area contributed by atoms with Crippen LogP contribution < -0.4 is 4.90 Å². The van der Waals surface area contributed by atoms with Crippen molar-refractivity contribution in [1.29, 1.82) is 0 Å². The van der Waals surface area contributed by atoms with Gasteiger partial charge >= 0.3 is 0 Å². The van der Waals surface area contributed by atoms with Crippen LogP contribution in [0, 0.1) is 0 Å². The van der Waals surface area contributed by atoms with Gasteiger partial charge in [0.05, 0.1) is 11.8 Å². The number of methoxy groups -OCH3 is 2. The van der Waals surface area contributed by atoms with Gasteiger partial charge in [-0.1, -0.05) is 0 Å². The molecule has 0 saturated carbocycles. The van der Waals surface area contributed by atoms with E-state index in [4.69, 9.17) is 9.47 Å². The first-order chi connectivity index (χ1) is 9.22. The van der Waals surface area contributed by atoms with Crippen LogP contribution >= 0.6 is 11.3 Å². The molecule has 1 N–H and O–H groups in total. The molecule has 0 spiro atoms. The molecule has 1 aromatic rings.